The first-order chi connectivity index (χ1) is 10.9. The maximum Gasteiger partial charge on any atom is 0.270 e. The van der Waals surface area contributed by atoms with Gasteiger partial charge in [0.2, 0.25) is 10.0 Å². The summed E-state index contributed by atoms with van der Waals surface area (Å²) in [7, 11) is -3.82. The summed E-state index contributed by atoms with van der Waals surface area (Å²) in [5, 5.41) is 10.9. The van der Waals surface area contributed by atoms with Gasteiger partial charge in [-0.3, -0.25) is 15.0 Å². The predicted octanol–water partition coefficient (Wildman–Crippen LogP) is 2.11. The molecule has 9 heteroatoms. The predicted molar refractivity (Wildman–Crippen MR) is 86.1 cm³/mol. The number of nitro benzene ring substituents is 1. The van der Waals surface area contributed by atoms with E-state index in [1.165, 1.54) is 16.4 Å². The topological polar surface area (TPSA) is 83.8 Å². The van der Waals surface area contributed by atoms with Crippen molar-refractivity contribution >= 4 is 27.3 Å². The van der Waals surface area contributed by atoms with Gasteiger partial charge in [-0.05, 0) is 38.4 Å². The number of sulfonamides is 1. The second-order valence-electron chi connectivity index (χ2n) is 5.92. The Labute approximate surface area is 140 Å². The molecular weight excluding hydrogens is 342 g/mol. The van der Waals surface area contributed by atoms with Crippen molar-refractivity contribution < 1.29 is 13.3 Å². The highest BCUT2D eigenvalue weighted by Gasteiger charge is 2.37. The standard InChI is InChI=1S/C14H18ClN3O4S/c15-13-4-3-11(18(19)20)9-14(13)23(21,22)17-8-5-12(10-17)16-6-1-2-7-16/h3-4,9,12H,1-2,5-8,10H2. The summed E-state index contributed by atoms with van der Waals surface area (Å²) < 4.78 is 27.0. The zero-order valence-electron chi connectivity index (χ0n) is 12.5. The summed E-state index contributed by atoms with van der Waals surface area (Å²) in [6.45, 7) is 2.86. The van der Waals surface area contributed by atoms with Gasteiger partial charge < -0.3 is 0 Å². The molecule has 2 aliphatic rings. The van der Waals surface area contributed by atoms with Crippen molar-refractivity contribution in [3.8, 4) is 0 Å². The molecule has 1 atom stereocenters. The highest BCUT2D eigenvalue weighted by atomic mass is 35.5. The number of hydrogen-bond acceptors (Lipinski definition) is 5. The average Bonchev–Trinajstić information content (AvgIpc) is 3.18. The lowest BCUT2D eigenvalue weighted by Crippen LogP contribution is -2.37. The third-order valence-electron chi connectivity index (χ3n) is 4.53. The van der Waals surface area contributed by atoms with Gasteiger partial charge in [-0.1, -0.05) is 11.6 Å². The van der Waals surface area contributed by atoms with E-state index in [2.05, 4.69) is 4.90 Å². The van der Waals surface area contributed by atoms with E-state index in [4.69, 9.17) is 11.6 Å². The van der Waals surface area contributed by atoms with Crippen LogP contribution in [0.15, 0.2) is 23.1 Å². The minimum Gasteiger partial charge on any atom is -0.299 e. The number of non-ortho nitro benzene ring substituents is 1. The Morgan fingerprint density at radius 2 is 1.91 bits per heavy atom. The lowest BCUT2D eigenvalue weighted by atomic mass is 10.2. The number of likely N-dealkylation sites (tertiary alicyclic amines) is 1. The van der Waals surface area contributed by atoms with E-state index in [1.54, 1.807) is 0 Å². The number of benzene rings is 1. The molecule has 0 amide bonds. The highest BCUT2D eigenvalue weighted by Crippen LogP contribution is 2.31. The average molecular weight is 360 g/mol. The molecule has 3 rings (SSSR count). The van der Waals surface area contributed by atoms with Gasteiger partial charge in [-0.15, -0.1) is 0 Å². The maximum absolute atomic E-state index is 12.8. The SMILES string of the molecule is O=[N+]([O-])c1ccc(Cl)c(S(=O)(=O)N2CCC(N3CCCC3)C2)c1. The normalized spacial score (nSPS) is 23.4. The molecule has 2 aliphatic heterocycles. The second-order valence-corrected chi connectivity index (χ2v) is 8.23. The largest absolute Gasteiger partial charge is 0.299 e. The summed E-state index contributed by atoms with van der Waals surface area (Å²) in [5.41, 5.74) is -0.275. The molecule has 0 radical (unpaired) electrons. The Hall–Kier alpha value is -1.22. The minimum atomic E-state index is -3.82. The zero-order chi connectivity index (χ0) is 16.6. The molecule has 1 aromatic rings. The fourth-order valence-electron chi connectivity index (χ4n) is 3.28. The molecule has 23 heavy (non-hydrogen) atoms. The fraction of sp³-hybridized carbons (Fsp3) is 0.571. The first-order valence-electron chi connectivity index (χ1n) is 7.58. The van der Waals surface area contributed by atoms with E-state index in [-0.39, 0.29) is 21.6 Å². The molecule has 2 heterocycles. The lowest BCUT2D eigenvalue weighted by molar-refractivity contribution is -0.385. The first-order valence-corrected chi connectivity index (χ1v) is 9.39. The molecule has 7 nitrogen and oxygen atoms in total. The number of rotatable bonds is 4. The second kappa shape index (κ2) is 6.35. The van der Waals surface area contributed by atoms with Gasteiger partial charge in [0.25, 0.3) is 5.69 Å². The van der Waals surface area contributed by atoms with Gasteiger partial charge in [0.1, 0.15) is 4.90 Å². The number of nitro groups is 1. The number of nitrogens with zero attached hydrogens (tertiary/aromatic N) is 3. The quantitative estimate of drug-likeness (QED) is 0.607. The Morgan fingerprint density at radius 1 is 1.22 bits per heavy atom. The summed E-state index contributed by atoms with van der Waals surface area (Å²) in [6, 6.07) is 3.74. The van der Waals surface area contributed by atoms with Crippen molar-refractivity contribution in [3.63, 3.8) is 0 Å². The van der Waals surface area contributed by atoms with Crippen LogP contribution in [0.4, 0.5) is 5.69 Å². The zero-order valence-corrected chi connectivity index (χ0v) is 14.1. The fourth-order valence-corrected chi connectivity index (χ4v) is 5.26. The highest BCUT2D eigenvalue weighted by molar-refractivity contribution is 7.89. The molecule has 126 valence electrons. The molecule has 0 N–H and O–H groups in total. The van der Waals surface area contributed by atoms with Crippen LogP contribution in [-0.4, -0.2) is 54.8 Å². The van der Waals surface area contributed by atoms with Crippen molar-refractivity contribution in [2.24, 2.45) is 0 Å². The summed E-state index contributed by atoms with van der Waals surface area (Å²) in [4.78, 5) is 12.4. The van der Waals surface area contributed by atoms with Crippen LogP contribution in [0.2, 0.25) is 5.02 Å². The van der Waals surface area contributed by atoms with E-state index in [0.717, 1.165) is 38.4 Å². The van der Waals surface area contributed by atoms with Crippen molar-refractivity contribution in [1.82, 2.24) is 9.21 Å². The van der Waals surface area contributed by atoms with E-state index in [1.807, 2.05) is 0 Å². The van der Waals surface area contributed by atoms with Crippen LogP contribution in [0.1, 0.15) is 19.3 Å². The van der Waals surface area contributed by atoms with Gasteiger partial charge in [-0.25, -0.2) is 8.42 Å². The molecule has 0 spiro atoms. The summed E-state index contributed by atoms with van der Waals surface area (Å²) >= 11 is 5.99. The monoisotopic (exact) mass is 359 g/mol. The third-order valence-corrected chi connectivity index (χ3v) is 6.87. The van der Waals surface area contributed by atoms with E-state index in [9.17, 15) is 18.5 Å². The lowest BCUT2D eigenvalue weighted by Gasteiger charge is -2.23. The molecular formula is C14H18ClN3O4S. The van der Waals surface area contributed by atoms with Crippen LogP contribution in [0.5, 0.6) is 0 Å². The Morgan fingerprint density at radius 3 is 2.57 bits per heavy atom. The van der Waals surface area contributed by atoms with Crippen LogP contribution in [0, 0.1) is 10.1 Å². The molecule has 2 saturated heterocycles. The number of hydrogen-bond donors (Lipinski definition) is 0. The van der Waals surface area contributed by atoms with Crippen LogP contribution in [0.3, 0.4) is 0 Å². The van der Waals surface area contributed by atoms with E-state index < -0.39 is 14.9 Å². The first kappa shape index (κ1) is 16.6. The summed E-state index contributed by atoms with van der Waals surface area (Å²) in [5.74, 6) is 0. The van der Waals surface area contributed by atoms with Crippen molar-refractivity contribution in [3.05, 3.63) is 33.3 Å². The molecule has 0 aliphatic carbocycles. The van der Waals surface area contributed by atoms with E-state index >= 15 is 0 Å². The van der Waals surface area contributed by atoms with Crippen molar-refractivity contribution in [1.29, 1.82) is 0 Å². The Balaban J connectivity index is 1.84. The molecule has 0 bridgehead atoms. The maximum atomic E-state index is 12.8. The van der Waals surface area contributed by atoms with Gasteiger partial charge in [0, 0.05) is 31.3 Å². The van der Waals surface area contributed by atoms with Crippen molar-refractivity contribution in [2.75, 3.05) is 26.2 Å². The molecule has 1 unspecified atom stereocenters. The Kier molecular flexibility index (Phi) is 4.59. The smallest absolute Gasteiger partial charge is 0.270 e. The summed E-state index contributed by atoms with van der Waals surface area (Å²) in [6.07, 6.45) is 3.09. The van der Waals surface area contributed by atoms with Gasteiger partial charge in [-0.2, -0.15) is 4.31 Å². The molecule has 0 saturated carbocycles. The van der Waals surface area contributed by atoms with Crippen LogP contribution >= 0.6 is 11.6 Å². The Bertz CT molecular complexity index is 719. The van der Waals surface area contributed by atoms with Gasteiger partial charge in [0.15, 0.2) is 0 Å². The van der Waals surface area contributed by atoms with Gasteiger partial charge >= 0.3 is 0 Å². The molecule has 1 aromatic carbocycles. The minimum absolute atomic E-state index is 0.0141. The number of halogens is 1. The van der Waals surface area contributed by atoms with Crippen LogP contribution in [0.25, 0.3) is 0 Å². The van der Waals surface area contributed by atoms with Crippen LogP contribution in [-0.2, 0) is 10.0 Å². The van der Waals surface area contributed by atoms with Gasteiger partial charge in [0.05, 0.1) is 9.95 Å². The van der Waals surface area contributed by atoms with Crippen LogP contribution < -0.4 is 0 Å². The molecule has 2 fully saturated rings. The third kappa shape index (κ3) is 3.21. The molecule has 0 aromatic heterocycles. The van der Waals surface area contributed by atoms with E-state index in [0.29, 0.717) is 13.1 Å². The van der Waals surface area contributed by atoms with Crippen molar-refractivity contribution in [2.45, 2.75) is 30.2 Å².